The molecular formula is C18H29NOS. The summed E-state index contributed by atoms with van der Waals surface area (Å²) in [6.07, 6.45) is 3.43. The number of rotatable bonds is 5. The van der Waals surface area contributed by atoms with Crippen LogP contribution in [-0.4, -0.2) is 12.5 Å². The van der Waals surface area contributed by atoms with E-state index in [1.165, 1.54) is 16.9 Å². The molecule has 0 radical (unpaired) electrons. The highest BCUT2D eigenvalue weighted by molar-refractivity contribution is 7.10. The summed E-state index contributed by atoms with van der Waals surface area (Å²) in [5, 5.41) is 5.24. The number of hydrogen-bond donors (Lipinski definition) is 1. The van der Waals surface area contributed by atoms with E-state index < -0.39 is 0 Å². The number of nitrogens with one attached hydrogen (secondary N) is 1. The lowest BCUT2D eigenvalue weighted by molar-refractivity contribution is 0.0936. The fourth-order valence-corrected chi connectivity index (χ4v) is 4.66. The molecule has 0 bridgehead atoms. The third kappa shape index (κ3) is 3.88. The zero-order valence-corrected chi connectivity index (χ0v) is 14.8. The van der Waals surface area contributed by atoms with Crippen LogP contribution < -0.4 is 5.32 Å². The molecule has 0 aromatic carbocycles. The quantitative estimate of drug-likeness (QED) is 0.850. The second-order valence-electron chi connectivity index (χ2n) is 7.26. The molecule has 118 valence electrons. The molecule has 1 amide bonds. The molecule has 0 spiro atoms. The molecule has 0 fully saturated rings. The largest absolute Gasteiger partial charge is 0.352 e. The summed E-state index contributed by atoms with van der Waals surface area (Å²) in [6, 6.07) is 0. The molecular weight excluding hydrogens is 278 g/mol. The first-order valence-electron chi connectivity index (χ1n) is 8.27. The first-order valence-corrected chi connectivity index (χ1v) is 9.15. The molecule has 0 saturated carbocycles. The fraction of sp³-hybridized carbons (Fsp3) is 0.722. The lowest BCUT2D eigenvalue weighted by atomic mass is 9.85. The summed E-state index contributed by atoms with van der Waals surface area (Å²) in [6.45, 7) is 12.1. The van der Waals surface area contributed by atoms with Crippen LogP contribution in [0.25, 0.3) is 0 Å². The van der Waals surface area contributed by atoms with Crippen molar-refractivity contribution < 1.29 is 4.79 Å². The van der Waals surface area contributed by atoms with Crippen LogP contribution in [0.3, 0.4) is 0 Å². The molecule has 0 saturated heterocycles. The minimum atomic E-state index is 0.133. The summed E-state index contributed by atoms with van der Waals surface area (Å²) in [5.41, 5.74) is 2.26. The Morgan fingerprint density at radius 3 is 2.62 bits per heavy atom. The first kappa shape index (κ1) is 16.5. The Bertz CT molecular complexity index is 481. The molecule has 3 heteroatoms. The number of carbonyl (C=O) groups excluding carboxylic acids is 1. The van der Waals surface area contributed by atoms with Crippen LogP contribution in [0.4, 0.5) is 0 Å². The van der Waals surface area contributed by atoms with E-state index in [1.807, 2.05) is 0 Å². The van der Waals surface area contributed by atoms with Gasteiger partial charge >= 0.3 is 0 Å². The maximum absolute atomic E-state index is 12.5. The Labute approximate surface area is 133 Å². The summed E-state index contributed by atoms with van der Waals surface area (Å²) in [4.78, 5) is 13.9. The van der Waals surface area contributed by atoms with Crippen molar-refractivity contribution in [3.05, 3.63) is 21.4 Å². The van der Waals surface area contributed by atoms with Crippen molar-refractivity contribution in [1.82, 2.24) is 5.32 Å². The predicted molar refractivity (Wildman–Crippen MR) is 91.0 cm³/mol. The van der Waals surface area contributed by atoms with Gasteiger partial charge in [-0.15, -0.1) is 11.3 Å². The van der Waals surface area contributed by atoms with Crippen molar-refractivity contribution in [3.63, 3.8) is 0 Å². The van der Waals surface area contributed by atoms with Gasteiger partial charge in [0.2, 0.25) is 0 Å². The third-order valence-electron chi connectivity index (χ3n) is 4.86. The molecule has 1 heterocycles. The minimum Gasteiger partial charge on any atom is -0.352 e. The van der Waals surface area contributed by atoms with E-state index in [-0.39, 0.29) is 5.91 Å². The Kier molecular flexibility index (Phi) is 5.48. The van der Waals surface area contributed by atoms with Gasteiger partial charge in [0.25, 0.3) is 5.91 Å². The highest BCUT2D eigenvalue weighted by Gasteiger charge is 2.24. The predicted octanol–water partition coefficient (Wildman–Crippen LogP) is 4.53. The number of hydrogen-bond acceptors (Lipinski definition) is 2. The van der Waals surface area contributed by atoms with Crippen LogP contribution in [-0.2, 0) is 12.8 Å². The lowest BCUT2D eigenvalue weighted by Gasteiger charge is -2.25. The lowest BCUT2D eigenvalue weighted by Crippen LogP contribution is -2.34. The molecule has 2 nitrogen and oxygen atoms in total. The maximum Gasteiger partial charge on any atom is 0.252 e. The molecule has 1 aromatic rings. The first-order chi connectivity index (χ1) is 9.90. The zero-order chi connectivity index (χ0) is 15.6. The molecule has 1 aliphatic rings. The highest BCUT2D eigenvalue weighted by Crippen LogP contribution is 2.32. The van der Waals surface area contributed by atoms with Crippen LogP contribution in [0.5, 0.6) is 0 Å². The third-order valence-corrected chi connectivity index (χ3v) is 5.91. The number of carbonyl (C=O) groups is 1. The van der Waals surface area contributed by atoms with Gasteiger partial charge in [-0.05, 0) is 48.5 Å². The van der Waals surface area contributed by atoms with Gasteiger partial charge in [-0.25, -0.2) is 0 Å². The van der Waals surface area contributed by atoms with Crippen molar-refractivity contribution in [3.8, 4) is 0 Å². The monoisotopic (exact) mass is 307 g/mol. The number of thiophene rings is 1. The van der Waals surface area contributed by atoms with Crippen molar-refractivity contribution >= 4 is 17.2 Å². The van der Waals surface area contributed by atoms with Crippen molar-refractivity contribution in [1.29, 1.82) is 0 Å². The van der Waals surface area contributed by atoms with Crippen LogP contribution in [0.2, 0.25) is 0 Å². The molecule has 1 N–H and O–H groups in total. The fourth-order valence-electron chi connectivity index (χ4n) is 3.41. The van der Waals surface area contributed by atoms with E-state index in [0.29, 0.717) is 17.8 Å². The van der Waals surface area contributed by atoms with Crippen LogP contribution >= 0.6 is 11.3 Å². The molecule has 21 heavy (non-hydrogen) atoms. The second-order valence-corrected chi connectivity index (χ2v) is 8.23. The van der Waals surface area contributed by atoms with E-state index >= 15 is 0 Å². The van der Waals surface area contributed by atoms with Gasteiger partial charge in [0.1, 0.15) is 0 Å². The van der Waals surface area contributed by atoms with Gasteiger partial charge in [0.05, 0.1) is 5.56 Å². The van der Waals surface area contributed by atoms with Crippen molar-refractivity contribution in [2.24, 2.45) is 23.7 Å². The van der Waals surface area contributed by atoms with Gasteiger partial charge in [-0.1, -0.05) is 34.6 Å². The number of amides is 1. The van der Waals surface area contributed by atoms with E-state index in [1.54, 1.807) is 11.3 Å². The summed E-state index contributed by atoms with van der Waals surface area (Å²) < 4.78 is 0. The Morgan fingerprint density at radius 1 is 1.33 bits per heavy atom. The van der Waals surface area contributed by atoms with E-state index in [2.05, 4.69) is 45.3 Å². The Hall–Kier alpha value is -0.830. The number of fused-ring (bicyclic) bond motifs is 1. The molecule has 2 rings (SSSR count). The van der Waals surface area contributed by atoms with Crippen molar-refractivity contribution in [2.45, 2.75) is 53.9 Å². The van der Waals surface area contributed by atoms with Gasteiger partial charge in [0.15, 0.2) is 0 Å². The normalized spacial score (nSPS) is 18.4. The molecule has 1 atom stereocenters. The standard InChI is InChI=1S/C18H29NOS/c1-11(2)15(12(3)4)9-19-18(20)16-10-21-17-8-13(5)6-7-14(16)17/h10-13,15H,6-9H2,1-5H3,(H,19,20). The Morgan fingerprint density at radius 2 is 2.00 bits per heavy atom. The van der Waals surface area contributed by atoms with Gasteiger partial charge in [-0.3, -0.25) is 4.79 Å². The van der Waals surface area contributed by atoms with E-state index in [9.17, 15) is 4.79 Å². The molecule has 1 unspecified atom stereocenters. The minimum absolute atomic E-state index is 0.133. The average Bonchev–Trinajstić information content (AvgIpc) is 2.80. The van der Waals surface area contributed by atoms with Gasteiger partial charge in [-0.2, -0.15) is 0 Å². The second kappa shape index (κ2) is 6.95. The van der Waals surface area contributed by atoms with Gasteiger partial charge < -0.3 is 5.32 Å². The van der Waals surface area contributed by atoms with Crippen LogP contribution in [0.1, 0.15) is 61.8 Å². The maximum atomic E-state index is 12.5. The summed E-state index contributed by atoms with van der Waals surface area (Å²) in [7, 11) is 0. The molecule has 1 aromatic heterocycles. The van der Waals surface area contributed by atoms with E-state index in [4.69, 9.17) is 0 Å². The highest BCUT2D eigenvalue weighted by atomic mass is 32.1. The van der Waals surface area contributed by atoms with Crippen LogP contribution in [0, 0.1) is 23.7 Å². The summed E-state index contributed by atoms with van der Waals surface area (Å²) >= 11 is 1.77. The SMILES string of the molecule is CC1CCc2c(C(=O)NCC(C(C)C)C(C)C)csc2C1. The Balaban J connectivity index is 2.01. The topological polar surface area (TPSA) is 29.1 Å². The van der Waals surface area contributed by atoms with Gasteiger partial charge in [0, 0.05) is 16.8 Å². The molecule has 0 aliphatic heterocycles. The summed E-state index contributed by atoms with van der Waals surface area (Å²) in [5.74, 6) is 2.64. The zero-order valence-electron chi connectivity index (χ0n) is 14.0. The van der Waals surface area contributed by atoms with E-state index in [0.717, 1.165) is 30.9 Å². The van der Waals surface area contributed by atoms with Crippen molar-refractivity contribution in [2.75, 3.05) is 6.54 Å². The molecule has 1 aliphatic carbocycles. The van der Waals surface area contributed by atoms with Crippen LogP contribution in [0.15, 0.2) is 5.38 Å². The smallest absolute Gasteiger partial charge is 0.252 e. The average molecular weight is 308 g/mol.